The van der Waals surface area contributed by atoms with Crippen molar-refractivity contribution in [2.45, 2.75) is 53.0 Å². The van der Waals surface area contributed by atoms with Gasteiger partial charge in [0, 0.05) is 12.1 Å². The Kier molecular flexibility index (Phi) is 3.39. The van der Waals surface area contributed by atoms with Gasteiger partial charge in [-0.1, -0.05) is 20.3 Å². The van der Waals surface area contributed by atoms with Crippen LogP contribution in [0.5, 0.6) is 0 Å². The minimum absolute atomic E-state index is 0.368. The molecule has 13 heavy (non-hydrogen) atoms. The molecule has 1 rings (SSSR count). The van der Waals surface area contributed by atoms with Crippen LogP contribution in [0.2, 0.25) is 0 Å². The molecule has 0 aliphatic carbocycles. The van der Waals surface area contributed by atoms with Gasteiger partial charge >= 0.3 is 0 Å². The molecule has 1 heteroatoms. The van der Waals surface area contributed by atoms with E-state index < -0.39 is 0 Å². The van der Waals surface area contributed by atoms with Crippen molar-refractivity contribution in [3.05, 3.63) is 0 Å². The molecule has 1 nitrogen and oxygen atoms in total. The maximum atomic E-state index is 2.63. The number of rotatable bonds is 1. The van der Waals surface area contributed by atoms with Crippen LogP contribution in [-0.2, 0) is 0 Å². The topological polar surface area (TPSA) is 3.24 Å². The van der Waals surface area contributed by atoms with Crippen molar-refractivity contribution >= 4 is 0 Å². The lowest BCUT2D eigenvalue weighted by molar-refractivity contribution is 0.0519. The second kappa shape index (κ2) is 4.00. The van der Waals surface area contributed by atoms with Crippen LogP contribution in [0.15, 0.2) is 0 Å². The zero-order valence-corrected chi connectivity index (χ0v) is 9.93. The van der Waals surface area contributed by atoms with Gasteiger partial charge in [-0.15, -0.1) is 0 Å². The highest BCUT2D eigenvalue weighted by Gasteiger charge is 2.30. The molecule has 0 amide bonds. The molecule has 0 aromatic rings. The van der Waals surface area contributed by atoms with Gasteiger partial charge in [0.2, 0.25) is 0 Å². The summed E-state index contributed by atoms with van der Waals surface area (Å²) in [4.78, 5) is 2.63. The van der Waals surface area contributed by atoms with Crippen molar-refractivity contribution in [2.24, 2.45) is 11.8 Å². The normalized spacial score (nSPS) is 32.1. The Morgan fingerprint density at radius 1 is 1.31 bits per heavy atom. The highest BCUT2D eigenvalue weighted by molar-refractivity contribution is 4.84. The minimum atomic E-state index is 0.368. The Hall–Kier alpha value is -0.0400. The largest absolute Gasteiger partial charge is 0.298 e. The lowest BCUT2D eigenvalue weighted by atomic mass is 9.83. The Morgan fingerprint density at radius 3 is 2.31 bits per heavy atom. The first-order valence-electron chi connectivity index (χ1n) is 5.70. The summed E-state index contributed by atoms with van der Waals surface area (Å²) < 4.78 is 0. The van der Waals surface area contributed by atoms with E-state index >= 15 is 0 Å². The van der Waals surface area contributed by atoms with Gasteiger partial charge < -0.3 is 0 Å². The minimum Gasteiger partial charge on any atom is -0.298 e. The monoisotopic (exact) mass is 183 g/mol. The first-order valence-corrected chi connectivity index (χ1v) is 5.70. The Morgan fingerprint density at radius 2 is 1.92 bits per heavy atom. The first kappa shape index (κ1) is 11.0. The second-order valence-corrected chi connectivity index (χ2v) is 5.55. The molecule has 2 atom stereocenters. The van der Waals surface area contributed by atoms with E-state index in [-0.39, 0.29) is 0 Å². The van der Waals surface area contributed by atoms with Crippen LogP contribution in [-0.4, -0.2) is 23.5 Å². The van der Waals surface area contributed by atoms with Gasteiger partial charge in [0.25, 0.3) is 0 Å². The molecule has 0 radical (unpaired) electrons. The molecule has 0 saturated carbocycles. The first-order chi connectivity index (χ1) is 5.95. The van der Waals surface area contributed by atoms with Crippen molar-refractivity contribution in [1.82, 2.24) is 4.90 Å². The van der Waals surface area contributed by atoms with E-state index in [0.29, 0.717) is 5.54 Å². The number of hydrogen-bond acceptors (Lipinski definition) is 1. The number of nitrogens with zero attached hydrogens (tertiary/aromatic N) is 1. The summed E-state index contributed by atoms with van der Waals surface area (Å²) in [7, 11) is 0. The van der Waals surface area contributed by atoms with Crippen LogP contribution in [0.1, 0.15) is 47.5 Å². The molecule has 2 unspecified atom stereocenters. The van der Waals surface area contributed by atoms with Crippen molar-refractivity contribution < 1.29 is 0 Å². The predicted molar refractivity (Wildman–Crippen MR) is 58.9 cm³/mol. The van der Waals surface area contributed by atoms with E-state index in [1.54, 1.807) is 0 Å². The van der Waals surface area contributed by atoms with Crippen LogP contribution >= 0.6 is 0 Å². The van der Waals surface area contributed by atoms with Crippen LogP contribution in [0.25, 0.3) is 0 Å². The summed E-state index contributed by atoms with van der Waals surface area (Å²) in [5.74, 6) is 1.86. The fourth-order valence-electron chi connectivity index (χ4n) is 2.41. The molecule has 1 fully saturated rings. The van der Waals surface area contributed by atoms with E-state index in [9.17, 15) is 0 Å². The third kappa shape index (κ3) is 2.70. The molecular formula is C12H25N. The lowest BCUT2D eigenvalue weighted by Gasteiger charge is -2.44. The van der Waals surface area contributed by atoms with Gasteiger partial charge in [0.15, 0.2) is 0 Å². The average Bonchev–Trinajstić information content (AvgIpc) is 2.02. The highest BCUT2D eigenvalue weighted by Crippen LogP contribution is 2.29. The van der Waals surface area contributed by atoms with Crippen molar-refractivity contribution in [2.75, 3.05) is 13.1 Å². The molecule has 0 aromatic heterocycles. The standard InChI is InChI=1S/C12H25N/c1-6-11-7-8-13(9-10(11)2)12(3,4)5/h10-11H,6-9H2,1-5H3. The third-order valence-electron chi connectivity index (χ3n) is 3.56. The fourth-order valence-corrected chi connectivity index (χ4v) is 2.41. The summed E-state index contributed by atoms with van der Waals surface area (Å²) in [5, 5.41) is 0. The molecule has 1 heterocycles. The van der Waals surface area contributed by atoms with E-state index in [1.807, 2.05) is 0 Å². The summed E-state index contributed by atoms with van der Waals surface area (Å²) in [6.07, 6.45) is 2.76. The number of hydrogen-bond donors (Lipinski definition) is 0. The van der Waals surface area contributed by atoms with Crippen LogP contribution in [0.4, 0.5) is 0 Å². The van der Waals surface area contributed by atoms with Gasteiger partial charge in [-0.3, -0.25) is 4.90 Å². The van der Waals surface area contributed by atoms with Crippen molar-refractivity contribution in [1.29, 1.82) is 0 Å². The SMILES string of the molecule is CCC1CCN(C(C)(C)C)CC1C. The third-order valence-corrected chi connectivity index (χ3v) is 3.56. The van der Waals surface area contributed by atoms with Crippen LogP contribution in [0, 0.1) is 11.8 Å². The molecule has 0 aromatic carbocycles. The highest BCUT2D eigenvalue weighted by atomic mass is 15.2. The maximum Gasteiger partial charge on any atom is 0.0125 e. The molecule has 1 aliphatic rings. The van der Waals surface area contributed by atoms with Gasteiger partial charge in [-0.05, 0) is 45.6 Å². The van der Waals surface area contributed by atoms with Gasteiger partial charge in [0.05, 0.1) is 0 Å². The van der Waals surface area contributed by atoms with E-state index in [4.69, 9.17) is 0 Å². The lowest BCUT2D eigenvalue weighted by Crippen LogP contribution is -2.49. The molecule has 78 valence electrons. The Labute approximate surface area is 83.5 Å². The molecule has 1 aliphatic heterocycles. The van der Waals surface area contributed by atoms with Gasteiger partial charge in [-0.25, -0.2) is 0 Å². The quantitative estimate of drug-likeness (QED) is 0.603. The predicted octanol–water partition coefficient (Wildman–Crippen LogP) is 3.15. The maximum absolute atomic E-state index is 2.63. The fraction of sp³-hybridized carbons (Fsp3) is 1.00. The average molecular weight is 183 g/mol. The Bertz CT molecular complexity index is 157. The van der Waals surface area contributed by atoms with Gasteiger partial charge in [0.1, 0.15) is 0 Å². The Balaban J connectivity index is 2.51. The van der Waals surface area contributed by atoms with Gasteiger partial charge in [-0.2, -0.15) is 0 Å². The van der Waals surface area contributed by atoms with Crippen molar-refractivity contribution in [3.8, 4) is 0 Å². The number of piperidine rings is 1. The molecular weight excluding hydrogens is 158 g/mol. The van der Waals surface area contributed by atoms with Crippen LogP contribution < -0.4 is 0 Å². The summed E-state index contributed by atoms with van der Waals surface area (Å²) in [5.41, 5.74) is 0.368. The van der Waals surface area contributed by atoms with E-state index in [1.165, 1.54) is 25.9 Å². The second-order valence-electron chi connectivity index (χ2n) is 5.55. The van der Waals surface area contributed by atoms with E-state index in [2.05, 4.69) is 39.5 Å². The van der Waals surface area contributed by atoms with Crippen LogP contribution in [0.3, 0.4) is 0 Å². The summed E-state index contributed by atoms with van der Waals surface area (Å²) in [6.45, 7) is 14.3. The van der Waals surface area contributed by atoms with E-state index in [0.717, 1.165) is 11.8 Å². The molecule has 0 spiro atoms. The molecule has 0 N–H and O–H groups in total. The summed E-state index contributed by atoms with van der Waals surface area (Å²) >= 11 is 0. The summed E-state index contributed by atoms with van der Waals surface area (Å²) in [6, 6.07) is 0. The zero-order valence-electron chi connectivity index (χ0n) is 9.93. The number of likely N-dealkylation sites (tertiary alicyclic amines) is 1. The smallest absolute Gasteiger partial charge is 0.0125 e. The molecule has 1 saturated heterocycles. The zero-order chi connectivity index (χ0) is 10.1. The molecule has 0 bridgehead atoms. The van der Waals surface area contributed by atoms with Crippen molar-refractivity contribution in [3.63, 3.8) is 0 Å².